The summed E-state index contributed by atoms with van der Waals surface area (Å²) in [6.45, 7) is 4.37. The molecule has 8 nitrogen and oxygen atoms in total. The van der Waals surface area contributed by atoms with E-state index in [1.54, 1.807) is 41.6 Å². The van der Waals surface area contributed by atoms with Crippen molar-refractivity contribution < 1.29 is 23.9 Å². The van der Waals surface area contributed by atoms with Gasteiger partial charge in [-0.05, 0) is 49.7 Å². The predicted molar refractivity (Wildman–Crippen MR) is 129 cm³/mol. The Balaban J connectivity index is 1.52. The largest absolute Gasteiger partial charge is 0.485 e. The molecule has 0 atom stereocenters. The predicted octanol–water partition coefficient (Wildman–Crippen LogP) is 3.73. The second-order valence-electron chi connectivity index (χ2n) is 7.93. The minimum absolute atomic E-state index is 0.105. The fraction of sp³-hybridized carbons (Fsp3) is 0.280. The number of hydrogen-bond acceptors (Lipinski definition) is 7. The van der Waals surface area contributed by atoms with Gasteiger partial charge in [-0.1, -0.05) is 12.1 Å². The highest BCUT2D eigenvalue weighted by Crippen LogP contribution is 2.34. The van der Waals surface area contributed by atoms with Gasteiger partial charge in [0.05, 0.1) is 12.2 Å². The van der Waals surface area contributed by atoms with E-state index in [9.17, 15) is 14.4 Å². The molecule has 2 heterocycles. The number of rotatable bonds is 8. The summed E-state index contributed by atoms with van der Waals surface area (Å²) < 4.78 is 11.2. The van der Waals surface area contributed by atoms with Crippen LogP contribution in [0.1, 0.15) is 38.3 Å². The molecule has 1 aliphatic heterocycles. The van der Waals surface area contributed by atoms with Crippen molar-refractivity contribution in [1.82, 2.24) is 9.88 Å². The molecule has 0 spiro atoms. The smallest absolute Gasteiger partial charge is 0.273 e. The molecule has 0 fully saturated rings. The fourth-order valence-corrected chi connectivity index (χ4v) is 4.20. The van der Waals surface area contributed by atoms with Crippen molar-refractivity contribution in [1.29, 1.82) is 0 Å². The lowest BCUT2D eigenvalue weighted by Gasteiger charge is -2.29. The Kier molecular flexibility index (Phi) is 6.93. The lowest BCUT2D eigenvalue weighted by atomic mass is 10.1. The summed E-state index contributed by atoms with van der Waals surface area (Å²) in [5.41, 5.74) is 2.29. The van der Waals surface area contributed by atoms with Gasteiger partial charge < -0.3 is 14.4 Å². The first-order valence-corrected chi connectivity index (χ1v) is 11.7. The number of anilines is 1. The van der Waals surface area contributed by atoms with Crippen molar-refractivity contribution in [3.05, 3.63) is 69.7 Å². The number of amides is 2. The molecule has 2 amide bonds. The summed E-state index contributed by atoms with van der Waals surface area (Å²) in [5, 5.41) is 2.31. The van der Waals surface area contributed by atoms with Crippen LogP contribution in [0.15, 0.2) is 47.8 Å². The SMILES string of the molecule is CCN(C)C(=O)c1csc(CN2C(=O)COc3ccc(C(=O)COc4cccc(C)c4)cc32)n1. The second kappa shape index (κ2) is 10.0. The van der Waals surface area contributed by atoms with Crippen molar-refractivity contribution in [2.45, 2.75) is 20.4 Å². The van der Waals surface area contributed by atoms with Gasteiger partial charge in [0.15, 0.2) is 19.0 Å². The molecule has 2 aromatic carbocycles. The maximum atomic E-state index is 12.8. The molecule has 4 rings (SSSR count). The van der Waals surface area contributed by atoms with Crippen molar-refractivity contribution >= 4 is 34.6 Å². The Morgan fingerprint density at radius 2 is 2.06 bits per heavy atom. The summed E-state index contributed by atoms with van der Waals surface area (Å²) >= 11 is 1.31. The summed E-state index contributed by atoms with van der Waals surface area (Å²) in [5.74, 6) is 0.498. The number of hydrogen-bond donors (Lipinski definition) is 0. The zero-order chi connectivity index (χ0) is 24.2. The standard InChI is InChI=1S/C25H25N3O5S/c1-4-27(3)25(31)19-15-34-23(26-19)12-28-20-11-17(8-9-22(20)33-14-24(28)30)21(29)13-32-18-7-5-6-16(2)10-18/h5-11,15H,4,12-14H2,1-3H3. The molecule has 0 aliphatic carbocycles. The third-order valence-corrected chi connectivity index (χ3v) is 6.30. The zero-order valence-electron chi connectivity index (χ0n) is 19.2. The number of aromatic nitrogens is 1. The quantitative estimate of drug-likeness (QED) is 0.458. The normalized spacial score (nSPS) is 12.7. The van der Waals surface area contributed by atoms with Gasteiger partial charge in [0, 0.05) is 24.5 Å². The Morgan fingerprint density at radius 1 is 1.24 bits per heavy atom. The van der Waals surface area contributed by atoms with E-state index in [4.69, 9.17) is 9.47 Å². The van der Waals surface area contributed by atoms with Crippen LogP contribution >= 0.6 is 11.3 Å². The molecule has 1 aromatic heterocycles. The number of ether oxygens (including phenoxy) is 2. The molecular formula is C25H25N3O5S. The molecule has 9 heteroatoms. The number of carbonyl (C=O) groups excluding carboxylic acids is 3. The van der Waals surface area contributed by atoms with Crippen LogP contribution in [0, 0.1) is 6.92 Å². The topological polar surface area (TPSA) is 89.0 Å². The van der Waals surface area contributed by atoms with E-state index in [-0.39, 0.29) is 37.4 Å². The van der Waals surface area contributed by atoms with E-state index >= 15 is 0 Å². The van der Waals surface area contributed by atoms with Gasteiger partial charge in [0.2, 0.25) is 0 Å². The fourth-order valence-electron chi connectivity index (χ4n) is 3.44. The molecule has 0 unspecified atom stereocenters. The average molecular weight is 480 g/mol. The van der Waals surface area contributed by atoms with Gasteiger partial charge in [-0.3, -0.25) is 19.3 Å². The molecular weight excluding hydrogens is 454 g/mol. The number of thiazole rings is 1. The van der Waals surface area contributed by atoms with Gasteiger partial charge in [0.1, 0.15) is 22.2 Å². The molecule has 0 saturated heterocycles. The van der Waals surface area contributed by atoms with E-state index in [0.29, 0.717) is 40.0 Å². The molecule has 0 saturated carbocycles. The van der Waals surface area contributed by atoms with Crippen LogP contribution in [0.3, 0.4) is 0 Å². The number of Topliss-reactive ketones (excluding diaryl/α,β-unsaturated/α-hetero) is 1. The van der Waals surface area contributed by atoms with Crippen LogP contribution in [0.4, 0.5) is 5.69 Å². The highest BCUT2D eigenvalue weighted by Gasteiger charge is 2.28. The number of ketones is 1. The average Bonchev–Trinajstić information content (AvgIpc) is 3.31. The van der Waals surface area contributed by atoms with Gasteiger partial charge in [-0.15, -0.1) is 11.3 Å². The van der Waals surface area contributed by atoms with Crippen LogP contribution in [0.2, 0.25) is 0 Å². The molecule has 0 radical (unpaired) electrons. The van der Waals surface area contributed by atoms with Gasteiger partial charge in [-0.25, -0.2) is 4.98 Å². The monoisotopic (exact) mass is 479 g/mol. The van der Waals surface area contributed by atoms with Crippen molar-refractivity contribution in [3.8, 4) is 11.5 Å². The number of nitrogens with zero attached hydrogens (tertiary/aromatic N) is 3. The Hall–Kier alpha value is -3.72. The number of fused-ring (bicyclic) bond motifs is 1. The number of carbonyl (C=O) groups is 3. The molecule has 1 aliphatic rings. The summed E-state index contributed by atoms with van der Waals surface area (Å²) in [4.78, 5) is 45.3. The van der Waals surface area contributed by atoms with Crippen LogP contribution in [0.5, 0.6) is 11.5 Å². The van der Waals surface area contributed by atoms with Gasteiger partial charge in [-0.2, -0.15) is 0 Å². The first kappa shape index (κ1) is 23.4. The minimum Gasteiger partial charge on any atom is -0.485 e. The molecule has 3 aromatic rings. The van der Waals surface area contributed by atoms with E-state index in [1.165, 1.54) is 16.2 Å². The van der Waals surface area contributed by atoms with E-state index < -0.39 is 0 Å². The van der Waals surface area contributed by atoms with Crippen LogP contribution in [-0.2, 0) is 11.3 Å². The molecule has 0 N–H and O–H groups in total. The highest BCUT2D eigenvalue weighted by molar-refractivity contribution is 7.09. The van der Waals surface area contributed by atoms with Crippen LogP contribution in [0.25, 0.3) is 0 Å². The first-order valence-electron chi connectivity index (χ1n) is 10.9. The van der Waals surface area contributed by atoms with Crippen LogP contribution in [-0.4, -0.2) is 54.3 Å². The molecule has 34 heavy (non-hydrogen) atoms. The zero-order valence-corrected chi connectivity index (χ0v) is 20.1. The summed E-state index contributed by atoms with van der Waals surface area (Å²) in [6, 6.07) is 12.5. The number of aryl methyl sites for hydroxylation is 1. The van der Waals surface area contributed by atoms with Crippen molar-refractivity contribution in [2.75, 3.05) is 31.7 Å². The minimum atomic E-state index is -0.248. The van der Waals surface area contributed by atoms with Gasteiger partial charge >= 0.3 is 0 Å². The molecule has 176 valence electrons. The third-order valence-electron chi connectivity index (χ3n) is 5.47. The Bertz CT molecular complexity index is 1240. The maximum Gasteiger partial charge on any atom is 0.273 e. The van der Waals surface area contributed by atoms with Gasteiger partial charge in [0.25, 0.3) is 11.8 Å². The molecule has 0 bridgehead atoms. The van der Waals surface area contributed by atoms with Crippen LogP contribution < -0.4 is 14.4 Å². The first-order chi connectivity index (χ1) is 16.4. The summed E-state index contributed by atoms with van der Waals surface area (Å²) in [6.07, 6.45) is 0. The van der Waals surface area contributed by atoms with Crippen molar-refractivity contribution in [3.63, 3.8) is 0 Å². The summed E-state index contributed by atoms with van der Waals surface area (Å²) in [7, 11) is 1.71. The second-order valence-corrected chi connectivity index (χ2v) is 8.87. The lowest BCUT2D eigenvalue weighted by Crippen LogP contribution is -2.38. The third kappa shape index (κ3) is 5.09. The van der Waals surface area contributed by atoms with E-state index in [2.05, 4.69) is 4.98 Å². The maximum absolute atomic E-state index is 12.8. The van der Waals surface area contributed by atoms with Crippen molar-refractivity contribution in [2.24, 2.45) is 0 Å². The highest BCUT2D eigenvalue weighted by atomic mass is 32.1. The Morgan fingerprint density at radius 3 is 2.82 bits per heavy atom. The Labute approximate surface area is 201 Å². The van der Waals surface area contributed by atoms with E-state index in [1.807, 2.05) is 32.0 Å². The number of benzene rings is 2. The van der Waals surface area contributed by atoms with E-state index in [0.717, 1.165) is 5.56 Å². The lowest BCUT2D eigenvalue weighted by molar-refractivity contribution is -0.121.